The summed E-state index contributed by atoms with van der Waals surface area (Å²) in [7, 11) is 0. The normalized spacial score (nSPS) is 15.3. The Hall–Kier alpha value is -2.84. The molecule has 0 aliphatic carbocycles. The van der Waals surface area contributed by atoms with Crippen molar-refractivity contribution < 1.29 is 4.79 Å². The van der Waals surface area contributed by atoms with Gasteiger partial charge in [-0.25, -0.2) is 9.97 Å². The molecular formula is C19H20N6OS. The third kappa shape index (κ3) is 3.67. The predicted octanol–water partition coefficient (Wildman–Crippen LogP) is 2.09. The van der Waals surface area contributed by atoms with Gasteiger partial charge in [-0.3, -0.25) is 4.79 Å². The maximum absolute atomic E-state index is 12.8. The van der Waals surface area contributed by atoms with Crippen LogP contribution in [0.25, 0.3) is 21.6 Å². The Morgan fingerprint density at radius 2 is 2.19 bits per heavy atom. The van der Waals surface area contributed by atoms with Crippen molar-refractivity contribution in [3.05, 3.63) is 47.0 Å². The summed E-state index contributed by atoms with van der Waals surface area (Å²) in [5, 5.41) is 6.93. The summed E-state index contributed by atoms with van der Waals surface area (Å²) in [6.07, 6.45) is 4.33. The van der Waals surface area contributed by atoms with Gasteiger partial charge in [-0.05, 0) is 19.0 Å². The summed E-state index contributed by atoms with van der Waals surface area (Å²) < 4.78 is 0.903. The lowest BCUT2D eigenvalue weighted by Gasteiger charge is -2.18. The molecule has 0 atom stereocenters. The van der Waals surface area contributed by atoms with E-state index in [0.29, 0.717) is 10.7 Å². The Kier molecular flexibility index (Phi) is 5.08. The van der Waals surface area contributed by atoms with E-state index in [1.54, 1.807) is 12.4 Å². The fourth-order valence-corrected chi connectivity index (χ4v) is 4.11. The van der Waals surface area contributed by atoms with Crippen LogP contribution in [0.4, 0.5) is 0 Å². The molecule has 1 aliphatic heterocycles. The number of nitrogens with two attached hydrogens (primary N) is 1. The summed E-state index contributed by atoms with van der Waals surface area (Å²) in [5.41, 5.74) is 2.48. The van der Waals surface area contributed by atoms with Crippen LogP contribution < -0.4 is 11.2 Å². The molecule has 1 aromatic carbocycles. The Balaban J connectivity index is 1.67. The van der Waals surface area contributed by atoms with Gasteiger partial charge in [0.2, 0.25) is 0 Å². The van der Waals surface area contributed by atoms with Crippen molar-refractivity contribution in [1.82, 2.24) is 20.2 Å². The van der Waals surface area contributed by atoms with E-state index in [1.165, 1.54) is 11.3 Å². The minimum absolute atomic E-state index is 0.0684. The molecule has 1 amide bonds. The van der Waals surface area contributed by atoms with Crippen molar-refractivity contribution >= 4 is 33.7 Å². The molecule has 0 radical (unpaired) electrons. The average molecular weight is 380 g/mol. The first-order valence-electron chi connectivity index (χ1n) is 8.85. The number of fused-ring (bicyclic) bond motifs is 1. The Morgan fingerprint density at radius 1 is 1.30 bits per heavy atom. The van der Waals surface area contributed by atoms with Gasteiger partial charge in [-0.15, -0.1) is 11.3 Å². The van der Waals surface area contributed by atoms with Crippen molar-refractivity contribution in [2.24, 2.45) is 10.9 Å². The molecule has 7 nitrogen and oxygen atoms in total. The van der Waals surface area contributed by atoms with Crippen molar-refractivity contribution in [3.63, 3.8) is 0 Å². The number of hydrazone groups is 1. The Labute approximate surface area is 160 Å². The maximum Gasteiger partial charge on any atom is 0.264 e. The van der Waals surface area contributed by atoms with Crippen molar-refractivity contribution in [1.29, 1.82) is 0 Å². The van der Waals surface area contributed by atoms with Crippen LogP contribution in [-0.2, 0) is 0 Å². The number of amides is 1. The number of thiophene rings is 1. The Morgan fingerprint density at radius 3 is 3.07 bits per heavy atom. The number of hydrogen-bond donors (Lipinski definition) is 2. The third-order valence-electron chi connectivity index (χ3n) is 4.52. The monoisotopic (exact) mass is 380 g/mol. The molecule has 1 fully saturated rings. The van der Waals surface area contributed by atoms with Gasteiger partial charge in [0.05, 0.1) is 21.3 Å². The van der Waals surface area contributed by atoms with Crippen molar-refractivity contribution in [3.8, 4) is 11.4 Å². The van der Waals surface area contributed by atoms with Crippen LogP contribution in [0.5, 0.6) is 0 Å². The first-order valence-corrected chi connectivity index (χ1v) is 9.67. The van der Waals surface area contributed by atoms with Crippen LogP contribution in [0.1, 0.15) is 21.7 Å². The highest BCUT2D eigenvalue weighted by atomic mass is 32.1. The number of carbonyl (C=O) groups excluding carboxylic acids is 1. The molecule has 1 saturated heterocycles. The minimum Gasteiger partial charge on any atom is -0.337 e. The molecule has 0 unspecified atom stereocenters. The van der Waals surface area contributed by atoms with E-state index in [9.17, 15) is 4.79 Å². The summed E-state index contributed by atoms with van der Waals surface area (Å²) in [4.78, 5) is 24.6. The molecule has 1 aliphatic rings. The van der Waals surface area contributed by atoms with E-state index < -0.39 is 0 Å². The van der Waals surface area contributed by atoms with Crippen LogP contribution in [0.2, 0.25) is 0 Å². The second kappa shape index (κ2) is 7.81. The molecule has 0 spiro atoms. The number of aromatic nitrogens is 2. The standard InChI is InChI=1S/C19H20N6OS/c20-23-11-13-4-1-2-5-14(13)18-22-12-17-15(24-18)10-16(27-17)19(26)25-8-3-6-21-7-9-25/h1-2,4-5,10-12,21H,3,6-9,20H2/b23-11-. The smallest absolute Gasteiger partial charge is 0.264 e. The lowest BCUT2D eigenvalue weighted by atomic mass is 10.1. The number of nitrogens with one attached hydrogen (secondary N) is 1. The van der Waals surface area contributed by atoms with Gasteiger partial charge in [0.25, 0.3) is 5.91 Å². The Bertz CT molecular complexity index is 991. The number of benzene rings is 1. The summed E-state index contributed by atoms with van der Waals surface area (Å²) in [6.45, 7) is 3.30. The van der Waals surface area contributed by atoms with E-state index in [1.807, 2.05) is 35.2 Å². The molecular weight excluding hydrogens is 360 g/mol. The zero-order valence-electron chi connectivity index (χ0n) is 14.8. The van der Waals surface area contributed by atoms with Crippen LogP contribution in [0.15, 0.2) is 41.6 Å². The summed E-state index contributed by atoms with van der Waals surface area (Å²) >= 11 is 1.44. The van der Waals surface area contributed by atoms with Gasteiger partial charge in [0.1, 0.15) is 0 Å². The third-order valence-corrected chi connectivity index (χ3v) is 5.57. The zero-order valence-corrected chi connectivity index (χ0v) is 15.6. The fourth-order valence-electron chi connectivity index (χ4n) is 3.17. The summed E-state index contributed by atoms with van der Waals surface area (Å²) in [6, 6.07) is 9.55. The largest absolute Gasteiger partial charge is 0.337 e. The van der Waals surface area contributed by atoms with E-state index in [0.717, 1.165) is 53.9 Å². The second-order valence-corrected chi connectivity index (χ2v) is 7.40. The van der Waals surface area contributed by atoms with Gasteiger partial charge in [0.15, 0.2) is 5.82 Å². The number of nitrogens with zero attached hydrogens (tertiary/aromatic N) is 4. The number of hydrogen-bond acceptors (Lipinski definition) is 7. The topological polar surface area (TPSA) is 96.5 Å². The first kappa shape index (κ1) is 17.6. The lowest BCUT2D eigenvalue weighted by Crippen LogP contribution is -2.33. The average Bonchev–Trinajstić information content (AvgIpc) is 2.93. The van der Waals surface area contributed by atoms with Crippen LogP contribution >= 0.6 is 11.3 Å². The predicted molar refractivity (Wildman–Crippen MR) is 108 cm³/mol. The highest BCUT2D eigenvalue weighted by Gasteiger charge is 2.20. The molecule has 3 N–H and O–H groups in total. The number of rotatable bonds is 3. The second-order valence-electron chi connectivity index (χ2n) is 6.31. The van der Waals surface area contributed by atoms with Gasteiger partial charge in [0, 0.05) is 37.0 Å². The summed E-state index contributed by atoms with van der Waals surface area (Å²) in [5.74, 6) is 5.96. The maximum atomic E-state index is 12.8. The lowest BCUT2D eigenvalue weighted by molar-refractivity contribution is 0.0771. The molecule has 27 heavy (non-hydrogen) atoms. The molecule has 2 aromatic heterocycles. The van der Waals surface area contributed by atoms with Gasteiger partial charge >= 0.3 is 0 Å². The molecule has 138 valence electrons. The van der Waals surface area contributed by atoms with Gasteiger partial charge in [-0.1, -0.05) is 24.3 Å². The van der Waals surface area contributed by atoms with Crippen molar-refractivity contribution in [2.75, 3.05) is 26.2 Å². The molecule has 3 aromatic rings. The number of carbonyl (C=O) groups is 1. The highest BCUT2D eigenvalue weighted by molar-refractivity contribution is 7.20. The minimum atomic E-state index is 0.0684. The molecule has 3 heterocycles. The molecule has 4 rings (SSSR count). The quantitative estimate of drug-likeness (QED) is 0.412. The van der Waals surface area contributed by atoms with E-state index in [-0.39, 0.29) is 5.91 Å². The molecule has 8 heteroatoms. The SMILES string of the molecule is N/N=C\c1ccccc1-c1ncc2sc(C(=O)N3CCCNCC3)cc2n1. The molecule has 0 bridgehead atoms. The van der Waals surface area contributed by atoms with Gasteiger partial charge in [-0.2, -0.15) is 5.10 Å². The fraction of sp³-hybridized carbons (Fsp3) is 0.263. The highest BCUT2D eigenvalue weighted by Crippen LogP contribution is 2.28. The van der Waals surface area contributed by atoms with Crippen LogP contribution in [0.3, 0.4) is 0 Å². The molecule has 0 saturated carbocycles. The van der Waals surface area contributed by atoms with Crippen LogP contribution in [0, 0.1) is 0 Å². The zero-order chi connectivity index (χ0) is 18.6. The van der Waals surface area contributed by atoms with E-state index in [4.69, 9.17) is 5.84 Å². The van der Waals surface area contributed by atoms with Gasteiger partial charge < -0.3 is 16.1 Å². The van der Waals surface area contributed by atoms with Crippen LogP contribution in [-0.4, -0.2) is 53.2 Å². The van der Waals surface area contributed by atoms with E-state index in [2.05, 4.69) is 20.4 Å². The van der Waals surface area contributed by atoms with Crippen molar-refractivity contribution in [2.45, 2.75) is 6.42 Å². The van der Waals surface area contributed by atoms with E-state index >= 15 is 0 Å². The first-order chi connectivity index (χ1) is 13.3.